The van der Waals surface area contributed by atoms with Crippen LogP contribution in [-0.4, -0.2) is 86.7 Å². The van der Waals surface area contributed by atoms with E-state index in [-0.39, 0.29) is 43.5 Å². The molecule has 0 saturated carbocycles. The minimum atomic E-state index is -1.01. The van der Waals surface area contributed by atoms with Crippen molar-refractivity contribution in [2.45, 2.75) is 75.1 Å². The summed E-state index contributed by atoms with van der Waals surface area (Å²) < 4.78 is 33.8. The Bertz CT molecular complexity index is 1200. The molecule has 232 valence electrons. The fourth-order valence-corrected chi connectivity index (χ4v) is 6.46. The molecule has 4 fully saturated rings. The van der Waals surface area contributed by atoms with E-state index in [1.165, 1.54) is 0 Å². The van der Waals surface area contributed by atoms with Crippen molar-refractivity contribution in [3.8, 4) is 0 Å². The van der Waals surface area contributed by atoms with E-state index in [0.29, 0.717) is 32.7 Å². The molecule has 2 amide bonds. The molecule has 6 rings (SSSR count). The van der Waals surface area contributed by atoms with E-state index in [4.69, 9.17) is 28.4 Å². The third-order valence-electron chi connectivity index (χ3n) is 8.73. The van der Waals surface area contributed by atoms with Crippen LogP contribution in [0.1, 0.15) is 30.4 Å². The number of aliphatic hydroxyl groups is 1. The van der Waals surface area contributed by atoms with Crippen LogP contribution in [0.25, 0.3) is 0 Å². The van der Waals surface area contributed by atoms with E-state index in [9.17, 15) is 14.7 Å². The zero-order chi connectivity index (χ0) is 29.6. The second-order valence-electron chi connectivity index (χ2n) is 11.7. The summed E-state index contributed by atoms with van der Waals surface area (Å²) in [6, 6.07) is 18.2. The van der Waals surface area contributed by atoms with Gasteiger partial charge in [-0.05, 0) is 43.2 Å². The number of fused-ring (bicyclic) bond motifs is 2. The summed E-state index contributed by atoms with van der Waals surface area (Å²) in [7, 11) is 0. The molecule has 4 saturated heterocycles. The van der Waals surface area contributed by atoms with Gasteiger partial charge in [0.05, 0.1) is 50.4 Å². The normalized spacial score (nSPS) is 29.7. The van der Waals surface area contributed by atoms with Gasteiger partial charge in [-0.2, -0.15) is 0 Å². The molecule has 0 spiro atoms. The van der Waals surface area contributed by atoms with Gasteiger partial charge < -0.3 is 44.2 Å². The van der Waals surface area contributed by atoms with Crippen LogP contribution < -0.4 is 10.6 Å². The average Bonchev–Trinajstić information content (AvgIpc) is 3.79. The van der Waals surface area contributed by atoms with Crippen LogP contribution >= 0.6 is 0 Å². The highest BCUT2D eigenvalue weighted by Crippen LogP contribution is 2.34. The highest BCUT2D eigenvalue weighted by molar-refractivity contribution is 5.68. The first-order valence-corrected chi connectivity index (χ1v) is 15.2. The Morgan fingerprint density at radius 2 is 1.26 bits per heavy atom. The molecule has 0 radical (unpaired) electrons. The number of benzene rings is 2. The van der Waals surface area contributed by atoms with E-state index < -0.39 is 36.5 Å². The van der Waals surface area contributed by atoms with Crippen molar-refractivity contribution in [3.63, 3.8) is 0 Å². The molecule has 0 aliphatic carbocycles. The van der Waals surface area contributed by atoms with Crippen LogP contribution in [0.2, 0.25) is 0 Å². The second-order valence-corrected chi connectivity index (χ2v) is 11.7. The van der Waals surface area contributed by atoms with Gasteiger partial charge >= 0.3 is 12.2 Å². The standard InChI is InChI=1S/C32H40N2O9/c35-26(25(16-21-9-5-2-6-10-21)34-32(37)43-28-19-41-30-24(28)12-14-39-30)17-22(15-20-7-3-1-4-8-20)33-31(36)42-27-18-40-29-23(27)11-13-38-29/h1-10,22-30,35H,11-19H2,(H,33,36)(H,34,37)/t22-,23+,24-,25-,26-,27+,28-,29-,30+/m0/s1. The molecule has 2 aromatic rings. The number of carbonyl (C=O) groups excluding carboxylic acids is 2. The van der Waals surface area contributed by atoms with Gasteiger partial charge in [0.1, 0.15) is 12.2 Å². The summed E-state index contributed by atoms with van der Waals surface area (Å²) in [6.07, 6.45) is -1.11. The van der Waals surface area contributed by atoms with E-state index in [1.807, 2.05) is 60.7 Å². The Morgan fingerprint density at radius 1 is 0.744 bits per heavy atom. The summed E-state index contributed by atoms with van der Waals surface area (Å²) in [4.78, 5) is 26.1. The van der Waals surface area contributed by atoms with Gasteiger partial charge in [-0.25, -0.2) is 9.59 Å². The quantitative estimate of drug-likeness (QED) is 0.358. The summed E-state index contributed by atoms with van der Waals surface area (Å²) in [6.45, 7) is 1.73. The molecule has 0 bridgehead atoms. The van der Waals surface area contributed by atoms with Gasteiger partial charge in [0, 0.05) is 6.04 Å². The Kier molecular flexibility index (Phi) is 9.74. The predicted molar refractivity (Wildman–Crippen MR) is 153 cm³/mol. The molecule has 0 unspecified atom stereocenters. The Labute approximate surface area is 251 Å². The summed E-state index contributed by atoms with van der Waals surface area (Å²) in [5.41, 5.74) is 1.94. The molecule has 43 heavy (non-hydrogen) atoms. The molecule has 11 nitrogen and oxygen atoms in total. The van der Waals surface area contributed by atoms with E-state index in [0.717, 1.165) is 24.0 Å². The zero-order valence-electron chi connectivity index (χ0n) is 24.0. The third kappa shape index (κ3) is 7.66. The lowest BCUT2D eigenvalue weighted by atomic mass is 9.94. The fraction of sp³-hybridized carbons (Fsp3) is 0.562. The van der Waals surface area contributed by atoms with Gasteiger partial charge in [-0.3, -0.25) is 0 Å². The Morgan fingerprint density at radius 3 is 1.81 bits per heavy atom. The van der Waals surface area contributed by atoms with Crippen molar-refractivity contribution < 1.29 is 43.1 Å². The number of nitrogens with one attached hydrogen (secondary N) is 2. The number of hydrogen-bond acceptors (Lipinski definition) is 9. The van der Waals surface area contributed by atoms with Crippen LogP contribution in [0.4, 0.5) is 9.59 Å². The highest BCUT2D eigenvalue weighted by atomic mass is 16.7. The summed E-state index contributed by atoms with van der Waals surface area (Å²) >= 11 is 0. The molecule has 9 atom stereocenters. The van der Waals surface area contributed by atoms with Crippen LogP contribution in [0, 0.1) is 11.8 Å². The first-order valence-electron chi connectivity index (χ1n) is 15.2. The van der Waals surface area contributed by atoms with Crippen molar-refractivity contribution in [3.05, 3.63) is 71.8 Å². The molecular formula is C32H40N2O9. The Balaban J connectivity index is 1.12. The van der Waals surface area contributed by atoms with Crippen molar-refractivity contribution in [1.82, 2.24) is 10.6 Å². The van der Waals surface area contributed by atoms with Crippen molar-refractivity contribution >= 4 is 12.2 Å². The maximum Gasteiger partial charge on any atom is 0.407 e. The van der Waals surface area contributed by atoms with Crippen LogP contribution in [-0.2, 0) is 41.3 Å². The lowest BCUT2D eigenvalue weighted by molar-refractivity contribution is -0.0909. The highest BCUT2D eigenvalue weighted by Gasteiger charge is 2.45. The van der Waals surface area contributed by atoms with Crippen molar-refractivity contribution in [2.75, 3.05) is 26.4 Å². The minimum absolute atomic E-state index is 0.00468. The topological polar surface area (TPSA) is 134 Å². The first kappa shape index (κ1) is 29.8. The van der Waals surface area contributed by atoms with Crippen molar-refractivity contribution in [2.24, 2.45) is 11.8 Å². The number of hydrogen-bond donors (Lipinski definition) is 3. The maximum absolute atomic E-state index is 13.1. The fourth-order valence-electron chi connectivity index (χ4n) is 6.46. The van der Waals surface area contributed by atoms with E-state index >= 15 is 0 Å². The van der Waals surface area contributed by atoms with Crippen molar-refractivity contribution in [1.29, 1.82) is 0 Å². The number of rotatable bonds is 11. The predicted octanol–water partition coefficient (Wildman–Crippen LogP) is 2.94. The molecule has 0 aromatic heterocycles. The van der Waals surface area contributed by atoms with Crippen LogP contribution in [0.5, 0.6) is 0 Å². The molecule has 4 heterocycles. The number of carbonyl (C=O) groups is 2. The monoisotopic (exact) mass is 596 g/mol. The second kappa shape index (κ2) is 14.0. The average molecular weight is 597 g/mol. The van der Waals surface area contributed by atoms with Gasteiger partial charge in [0.15, 0.2) is 12.6 Å². The van der Waals surface area contributed by atoms with Gasteiger partial charge in [0.25, 0.3) is 0 Å². The van der Waals surface area contributed by atoms with Crippen LogP contribution in [0.15, 0.2) is 60.7 Å². The number of amides is 2. The molecule has 3 N–H and O–H groups in total. The largest absolute Gasteiger partial charge is 0.443 e. The Hall–Kier alpha value is -3.22. The first-order chi connectivity index (χ1) is 21.0. The van der Waals surface area contributed by atoms with E-state index in [2.05, 4.69) is 10.6 Å². The molecule has 2 aromatic carbocycles. The molecule has 4 aliphatic rings. The molecule has 11 heteroatoms. The van der Waals surface area contributed by atoms with Gasteiger partial charge in [0.2, 0.25) is 0 Å². The van der Waals surface area contributed by atoms with Gasteiger partial charge in [-0.1, -0.05) is 60.7 Å². The maximum atomic E-state index is 13.1. The van der Waals surface area contributed by atoms with E-state index in [1.54, 1.807) is 0 Å². The molecular weight excluding hydrogens is 556 g/mol. The third-order valence-corrected chi connectivity index (χ3v) is 8.73. The minimum Gasteiger partial charge on any atom is -0.443 e. The smallest absolute Gasteiger partial charge is 0.407 e. The van der Waals surface area contributed by atoms with Crippen LogP contribution in [0.3, 0.4) is 0 Å². The number of alkyl carbamates (subject to hydrolysis) is 2. The lowest BCUT2D eigenvalue weighted by Crippen LogP contribution is -2.50. The number of aliphatic hydroxyl groups excluding tert-OH is 1. The molecule has 4 aliphatic heterocycles. The summed E-state index contributed by atoms with van der Waals surface area (Å²) in [5, 5.41) is 17.4. The van der Waals surface area contributed by atoms with Gasteiger partial charge in [-0.15, -0.1) is 0 Å². The SMILES string of the molecule is O=C(N[C@@H](Cc1ccccc1)[C@@H](O)C[C@H](Cc1ccccc1)NC(=O)O[C@@H]1CO[C@@H]2OCC[C@@H]21)O[C@H]1CO[C@H]2OCC[C@H]21. The lowest BCUT2D eigenvalue weighted by Gasteiger charge is -2.29. The number of ether oxygens (including phenoxy) is 6. The zero-order valence-corrected chi connectivity index (χ0v) is 24.0. The summed E-state index contributed by atoms with van der Waals surface area (Å²) in [5.74, 6) is 0.0239.